The van der Waals surface area contributed by atoms with Gasteiger partial charge >= 0.3 is 0 Å². The first kappa shape index (κ1) is 35.2. The van der Waals surface area contributed by atoms with Crippen LogP contribution in [0.4, 0.5) is 0 Å². The number of furan rings is 1. The summed E-state index contributed by atoms with van der Waals surface area (Å²) in [7, 11) is 0. The Morgan fingerprint density at radius 1 is 0.302 bits per heavy atom. The lowest BCUT2D eigenvalue weighted by molar-refractivity contribution is 0.673. The molecular weight excluding hydrogens is 771 g/mol. The molecule has 0 spiro atoms. The molecule has 0 aliphatic heterocycles. The maximum atomic E-state index is 7.37. The van der Waals surface area contributed by atoms with Crippen LogP contribution in [-0.4, -0.2) is 24.1 Å². The summed E-state index contributed by atoms with van der Waals surface area (Å²) in [4.78, 5) is 15.4. The van der Waals surface area contributed by atoms with E-state index in [2.05, 4.69) is 161 Å². The SMILES string of the molecule is c1ccc(-c2ccc(-n3c4ccccc4c4ccc5c6ccc7c8ccccc8n(-c8ccccc8-c8nc(-c9ccccc9)nc(-c9ccccc9)n8)c7c6oc5c43)cc2)cc1. The fourth-order valence-corrected chi connectivity index (χ4v) is 9.53. The lowest BCUT2D eigenvalue weighted by Gasteiger charge is -2.14. The summed E-state index contributed by atoms with van der Waals surface area (Å²) in [6.07, 6.45) is 0. The predicted molar refractivity (Wildman–Crippen MR) is 258 cm³/mol. The molecule has 0 aliphatic carbocycles. The van der Waals surface area contributed by atoms with Gasteiger partial charge in [-0.15, -0.1) is 0 Å². The molecule has 13 aromatic rings. The van der Waals surface area contributed by atoms with Gasteiger partial charge in [-0.1, -0.05) is 164 Å². The molecular formula is C57H35N5O. The topological polar surface area (TPSA) is 61.7 Å². The van der Waals surface area contributed by atoms with Gasteiger partial charge in [0.2, 0.25) is 0 Å². The minimum absolute atomic E-state index is 0.588. The average Bonchev–Trinajstić information content (AvgIpc) is 4.03. The van der Waals surface area contributed by atoms with Gasteiger partial charge in [0.25, 0.3) is 0 Å². The van der Waals surface area contributed by atoms with Crippen LogP contribution in [0.25, 0.3) is 122 Å². The highest BCUT2D eigenvalue weighted by atomic mass is 16.3. The number of hydrogen-bond donors (Lipinski definition) is 0. The van der Waals surface area contributed by atoms with E-state index >= 15 is 0 Å². The number of benzene rings is 9. The van der Waals surface area contributed by atoms with E-state index in [0.717, 1.165) is 88.2 Å². The monoisotopic (exact) mass is 805 g/mol. The fraction of sp³-hybridized carbons (Fsp3) is 0. The Balaban J connectivity index is 1.09. The van der Waals surface area contributed by atoms with E-state index in [0.29, 0.717) is 17.5 Å². The van der Waals surface area contributed by atoms with Crippen molar-refractivity contribution in [3.05, 3.63) is 212 Å². The summed E-state index contributed by atoms with van der Waals surface area (Å²) in [6, 6.07) is 74.2. The second-order valence-corrected chi connectivity index (χ2v) is 16.0. The summed E-state index contributed by atoms with van der Waals surface area (Å²) in [5.41, 5.74) is 13.0. The lowest BCUT2D eigenvalue weighted by atomic mass is 10.1. The Hall–Kier alpha value is -8.61. The quantitative estimate of drug-likeness (QED) is 0.168. The standard InChI is InChI=1S/C57H35N5O/c1-4-16-36(17-5-1)37-28-30-40(31-29-37)61-48-25-13-10-22-41(48)43-32-34-45-46-35-33-44-42-23-11-14-26-49(42)62(52(44)54(46)63-53(45)51(43)61)50-27-15-12-24-47(50)57-59-55(38-18-6-2-7-19-38)58-56(60-57)39-20-8-3-9-21-39/h1-35H. The van der Waals surface area contributed by atoms with Crippen molar-refractivity contribution in [1.29, 1.82) is 0 Å². The summed E-state index contributed by atoms with van der Waals surface area (Å²) in [5.74, 6) is 1.82. The third kappa shape index (κ3) is 5.48. The molecule has 0 bridgehead atoms. The van der Waals surface area contributed by atoms with Crippen LogP contribution in [0.5, 0.6) is 0 Å². The van der Waals surface area contributed by atoms with Gasteiger partial charge in [0.1, 0.15) is 0 Å². The van der Waals surface area contributed by atoms with Crippen LogP contribution in [0.15, 0.2) is 217 Å². The Bertz CT molecular complexity index is 3830. The van der Waals surface area contributed by atoms with Gasteiger partial charge in [0, 0.05) is 54.7 Å². The van der Waals surface area contributed by atoms with Crippen molar-refractivity contribution < 1.29 is 4.42 Å². The first-order chi connectivity index (χ1) is 31.3. The van der Waals surface area contributed by atoms with Crippen molar-refractivity contribution in [1.82, 2.24) is 24.1 Å². The molecule has 0 radical (unpaired) electrons. The zero-order valence-electron chi connectivity index (χ0n) is 33.9. The molecule has 6 heteroatoms. The minimum atomic E-state index is 0.588. The van der Waals surface area contributed by atoms with E-state index in [9.17, 15) is 0 Å². The molecule has 13 rings (SSSR count). The largest absolute Gasteiger partial charge is 0.452 e. The molecule has 4 heterocycles. The van der Waals surface area contributed by atoms with Crippen molar-refractivity contribution in [3.63, 3.8) is 0 Å². The van der Waals surface area contributed by atoms with Gasteiger partial charge in [-0.05, 0) is 59.7 Å². The van der Waals surface area contributed by atoms with Crippen molar-refractivity contribution in [2.45, 2.75) is 0 Å². The molecule has 0 saturated heterocycles. The molecule has 6 nitrogen and oxygen atoms in total. The Labute approximate surface area is 361 Å². The highest BCUT2D eigenvalue weighted by molar-refractivity contribution is 6.26. The number of para-hydroxylation sites is 3. The van der Waals surface area contributed by atoms with E-state index in [1.54, 1.807) is 0 Å². The Morgan fingerprint density at radius 2 is 0.730 bits per heavy atom. The van der Waals surface area contributed by atoms with E-state index < -0.39 is 0 Å². The maximum absolute atomic E-state index is 7.37. The van der Waals surface area contributed by atoms with Gasteiger partial charge < -0.3 is 13.6 Å². The molecule has 0 fully saturated rings. The number of rotatable bonds is 6. The lowest BCUT2D eigenvalue weighted by Crippen LogP contribution is -2.03. The summed E-state index contributed by atoms with van der Waals surface area (Å²) in [5, 5.41) is 6.67. The van der Waals surface area contributed by atoms with Gasteiger partial charge in [0.15, 0.2) is 28.6 Å². The summed E-state index contributed by atoms with van der Waals surface area (Å²) < 4.78 is 12.1. The summed E-state index contributed by atoms with van der Waals surface area (Å²) >= 11 is 0. The molecule has 294 valence electrons. The number of aromatic nitrogens is 5. The van der Waals surface area contributed by atoms with Crippen LogP contribution < -0.4 is 0 Å². The van der Waals surface area contributed by atoms with Crippen LogP contribution in [0, 0.1) is 0 Å². The van der Waals surface area contributed by atoms with Crippen LogP contribution in [0.3, 0.4) is 0 Å². The first-order valence-electron chi connectivity index (χ1n) is 21.2. The molecule has 4 aromatic heterocycles. The van der Waals surface area contributed by atoms with Crippen molar-refractivity contribution >= 4 is 65.6 Å². The van der Waals surface area contributed by atoms with E-state index in [1.165, 1.54) is 16.5 Å². The fourth-order valence-electron chi connectivity index (χ4n) is 9.53. The van der Waals surface area contributed by atoms with Crippen LogP contribution in [0.1, 0.15) is 0 Å². The third-order valence-corrected chi connectivity index (χ3v) is 12.4. The van der Waals surface area contributed by atoms with E-state index in [-0.39, 0.29) is 0 Å². The van der Waals surface area contributed by atoms with Crippen LogP contribution in [0.2, 0.25) is 0 Å². The Kier molecular flexibility index (Phi) is 7.80. The highest BCUT2D eigenvalue weighted by Gasteiger charge is 2.25. The van der Waals surface area contributed by atoms with Crippen molar-refractivity contribution in [3.8, 4) is 56.7 Å². The molecule has 9 aromatic carbocycles. The number of hydrogen-bond acceptors (Lipinski definition) is 4. The summed E-state index contributed by atoms with van der Waals surface area (Å²) in [6.45, 7) is 0. The zero-order valence-corrected chi connectivity index (χ0v) is 33.9. The average molecular weight is 806 g/mol. The molecule has 0 aliphatic rings. The molecule has 63 heavy (non-hydrogen) atoms. The normalized spacial score (nSPS) is 11.8. The van der Waals surface area contributed by atoms with Crippen molar-refractivity contribution in [2.24, 2.45) is 0 Å². The Morgan fingerprint density at radius 3 is 1.32 bits per heavy atom. The second kappa shape index (κ2) is 14.0. The minimum Gasteiger partial charge on any atom is -0.452 e. The zero-order chi connectivity index (χ0) is 41.4. The number of nitrogens with zero attached hydrogens (tertiary/aromatic N) is 5. The molecule has 0 unspecified atom stereocenters. The molecule has 0 amide bonds. The van der Waals surface area contributed by atoms with Gasteiger partial charge in [-0.2, -0.15) is 0 Å². The van der Waals surface area contributed by atoms with E-state index in [4.69, 9.17) is 19.4 Å². The molecule has 0 N–H and O–H groups in total. The maximum Gasteiger partial charge on any atom is 0.166 e. The third-order valence-electron chi connectivity index (χ3n) is 12.4. The predicted octanol–water partition coefficient (Wildman–Crippen LogP) is 14.6. The van der Waals surface area contributed by atoms with Gasteiger partial charge in [0.05, 0.1) is 27.8 Å². The first-order valence-corrected chi connectivity index (χ1v) is 21.2. The van der Waals surface area contributed by atoms with Gasteiger partial charge in [-0.3, -0.25) is 0 Å². The second-order valence-electron chi connectivity index (χ2n) is 16.0. The van der Waals surface area contributed by atoms with E-state index in [1.807, 2.05) is 60.7 Å². The van der Waals surface area contributed by atoms with Gasteiger partial charge in [-0.25, -0.2) is 15.0 Å². The van der Waals surface area contributed by atoms with Crippen molar-refractivity contribution in [2.75, 3.05) is 0 Å². The molecule has 0 atom stereocenters. The van der Waals surface area contributed by atoms with Crippen LogP contribution in [-0.2, 0) is 0 Å². The van der Waals surface area contributed by atoms with Crippen LogP contribution >= 0.6 is 0 Å². The highest BCUT2D eigenvalue weighted by Crippen LogP contribution is 2.45. The smallest absolute Gasteiger partial charge is 0.166 e. The molecule has 0 saturated carbocycles. The number of fused-ring (bicyclic) bond motifs is 11.